The molecule has 0 aliphatic heterocycles. The van der Waals surface area contributed by atoms with Crippen molar-refractivity contribution in [3.63, 3.8) is 0 Å². The van der Waals surface area contributed by atoms with Gasteiger partial charge in [0, 0.05) is 10.4 Å². The van der Waals surface area contributed by atoms with E-state index in [1.54, 1.807) is 29.7 Å². The summed E-state index contributed by atoms with van der Waals surface area (Å²) in [4.78, 5) is 13.1. The minimum atomic E-state index is -0.238. The lowest BCUT2D eigenvalue weighted by atomic mass is 9.87. The van der Waals surface area contributed by atoms with E-state index in [1.807, 2.05) is 41.8 Å². The fourth-order valence-electron chi connectivity index (χ4n) is 2.55. The highest BCUT2D eigenvalue weighted by molar-refractivity contribution is 7.11. The average molecular weight is 393 g/mol. The highest BCUT2D eigenvalue weighted by Crippen LogP contribution is 2.24. The van der Waals surface area contributed by atoms with Crippen LogP contribution in [-0.4, -0.2) is 12.1 Å². The maximum Gasteiger partial charge on any atom is 0.271 e. The Balaban J connectivity index is 1.52. The zero-order chi connectivity index (χ0) is 20.0. The lowest BCUT2D eigenvalue weighted by Gasteiger charge is -2.19. The number of rotatable bonds is 6. The highest BCUT2D eigenvalue weighted by atomic mass is 32.1. The molecule has 1 heterocycles. The molecule has 0 aliphatic rings. The second kappa shape index (κ2) is 8.85. The molecular formula is C23H24N2O2S. The number of carbonyl (C=O) groups is 1. The molecule has 1 N–H and O–H groups in total. The van der Waals surface area contributed by atoms with Crippen LogP contribution in [0.2, 0.25) is 0 Å². The van der Waals surface area contributed by atoms with Crippen LogP contribution in [0.3, 0.4) is 0 Å². The monoisotopic (exact) mass is 392 g/mol. The molecule has 2 aromatic carbocycles. The lowest BCUT2D eigenvalue weighted by Crippen LogP contribution is -2.17. The molecule has 0 fully saturated rings. The van der Waals surface area contributed by atoms with Crippen molar-refractivity contribution in [3.8, 4) is 5.75 Å². The van der Waals surface area contributed by atoms with E-state index in [9.17, 15) is 4.79 Å². The number of ether oxygens (including phenoxy) is 1. The number of benzene rings is 2. The van der Waals surface area contributed by atoms with E-state index in [0.29, 0.717) is 12.2 Å². The Bertz CT molecular complexity index is 922. The van der Waals surface area contributed by atoms with Gasteiger partial charge in [0.15, 0.2) is 0 Å². The predicted molar refractivity (Wildman–Crippen MR) is 115 cm³/mol. The first-order valence-electron chi connectivity index (χ1n) is 9.11. The molecule has 3 rings (SSSR count). The van der Waals surface area contributed by atoms with Crippen LogP contribution >= 0.6 is 11.3 Å². The largest absolute Gasteiger partial charge is 0.489 e. The molecule has 0 spiro atoms. The van der Waals surface area contributed by atoms with Gasteiger partial charge in [0.25, 0.3) is 5.91 Å². The standard InChI is InChI=1S/C23H24N2O2S/c1-23(2,3)19-10-12-20(13-11-19)27-16-17-6-8-18(9-7-17)22(26)25-24-15-21-5-4-14-28-21/h4-15H,16H2,1-3H3,(H,25,26)/b24-15-. The summed E-state index contributed by atoms with van der Waals surface area (Å²) in [5, 5.41) is 5.94. The number of carbonyl (C=O) groups excluding carboxylic acids is 1. The molecule has 0 unspecified atom stereocenters. The second-order valence-electron chi connectivity index (χ2n) is 7.47. The summed E-state index contributed by atoms with van der Waals surface area (Å²) in [6.45, 7) is 7.02. The quantitative estimate of drug-likeness (QED) is 0.452. The van der Waals surface area contributed by atoms with Gasteiger partial charge in [-0.3, -0.25) is 4.79 Å². The van der Waals surface area contributed by atoms with E-state index < -0.39 is 0 Å². The minimum absolute atomic E-state index is 0.128. The Hall–Kier alpha value is -2.92. The van der Waals surface area contributed by atoms with Crippen LogP contribution < -0.4 is 10.2 Å². The van der Waals surface area contributed by atoms with Gasteiger partial charge >= 0.3 is 0 Å². The first-order valence-corrected chi connectivity index (χ1v) is 9.99. The number of amides is 1. The molecular weight excluding hydrogens is 368 g/mol. The smallest absolute Gasteiger partial charge is 0.271 e. The third-order valence-electron chi connectivity index (χ3n) is 4.24. The molecule has 0 aliphatic carbocycles. The van der Waals surface area contributed by atoms with Crippen LogP contribution in [0.5, 0.6) is 5.75 Å². The predicted octanol–water partition coefficient (Wildman–Crippen LogP) is 5.39. The summed E-state index contributed by atoms with van der Waals surface area (Å²) in [6, 6.07) is 19.4. The summed E-state index contributed by atoms with van der Waals surface area (Å²) in [7, 11) is 0. The van der Waals surface area contributed by atoms with Gasteiger partial charge in [-0.25, -0.2) is 5.43 Å². The number of hydrogen-bond donors (Lipinski definition) is 1. The van der Waals surface area contributed by atoms with Crippen molar-refractivity contribution < 1.29 is 9.53 Å². The van der Waals surface area contributed by atoms with E-state index in [2.05, 4.69) is 43.4 Å². The number of nitrogens with one attached hydrogen (secondary N) is 1. The van der Waals surface area contributed by atoms with Crippen molar-refractivity contribution in [1.29, 1.82) is 0 Å². The number of thiophene rings is 1. The Labute approximate surface area is 169 Å². The Morgan fingerprint density at radius 1 is 1.07 bits per heavy atom. The van der Waals surface area contributed by atoms with E-state index in [1.165, 1.54) is 5.56 Å². The Morgan fingerprint density at radius 2 is 1.79 bits per heavy atom. The summed E-state index contributed by atoms with van der Waals surface area (Å²) in [6.07, 6.45) is 1.63. The highest BCUT2D eigenvalue weighted by Gasteiger charge is 2.13. The fourth-order valence-corrected chi connectivity index (χ4v) is 3.14. The number of nitrogens with zero attached hydrogens (tertiary/aromatic N) is 1. The topological polar surface area (TPSA) is 50.7 Å². The molecule has 0 bridgehead atoms. The molecule has 0 radical (unpaired) electrons. The number of hydrogen-bond acceptors (Lipinski definition) is 4. The van der Waals surface area contributed by atoms with Gasteiger partial charge in [-0.2, -0.15) is 5.10 Å². The molecule has 1 amide bonds. The van der Waals surface area contributed by atoms with Gasteiger partial charge in [0.2, 0.25) is 0 Å². The molecule has 0 saturated carbocycles. The Morgan fingerprint density at radius 3 is 2.39 bits per heavy atom. The first kappa shape index (κ1) is 19.8. The summed E-state index contributed by atoms with van der Waals surface area (Å²) in [5.41, 5.74) is 5.50. The fraction of sp³-hybridized carbons (Fsp3) is 0.217. The van der Waals surface area contributed by atoms with Crippen molar-refractivity contribution in [2.45, 2.75) is 32.8 Å². The normalized spacial score (nSPS) is 11.5. The molecule has 28 heavy (non-hydrogen) atoms. The van der Waals surface area contributed by atoms with Crippen LogP contribution in [0.1, 0.15) is 47.1 Å². The van der Waals surface area contributed by atoms with E-state index in [-0.39, 0.29) is 11.3 Å². The summed E-state index contributed by atoms with van der Waals surface area (Å²) >= 11 is 1.56. The van der Waals surface area contributed by atoms with E-state index in [4.69, 9.17) is 4.74 Å². The van der Waals surface area contributed by atoms with Crippen molar-refractivity contribution >= 4 is 23.5 Å². The van der Waals surface area contributed by atoms with Gasteiger partial charge in [-0.1, -0.05) is 51.1 Å². The third-order valence-corrected chi connectivity index (χ3v) is 5.05. The van der Waals surface area contributed by atoms with Gasteiger partial charge in [0.05, 0.1) is 6.21 Å². The molecule has 1 aromatic heterocycles. The molecule has 4 nitrogen and oxygen atoms in total. The second-order valence-corrected chi connectivity index (χ2v) is 8.45. The van der Waals surface area contributed by atoms with Gasteiger partial charge in [-0.05, 0) is 52.3 Å². The van der Waals surface area contributed by atoms with Crippen LogP contribution in [-0.2, 0) is 12.0 Å². The lowest BCUT2D eigenvalue weighted by molar-refractivity contribution is 0.0955. The molecule has 0 atom stereocenters. The van der Waals surface area contributed by atoms with Gasteiger partial charge in [0.1, 0.15) is 12.4 Å². The van der Waals surface area contributed by atoms with Gasteiger partial charge < -0.3 is 4.74 Å². The van der Waals surface area contributed by atoms with Crippen molar-refractivity contribution in [2.75, 3.05) is 0 Å². The maximum atomic E-state index is 12.1. The molecule has 3 aromatic rings. The van der Waals surface area contributed by atoms with Crippen molar-refractivity contribution in [1.82, 2.24) is 5.43 Å². The van der Waals surface area contributed by atoms with Crippen LogP contribution in [0.25, 0.3) is 0 Å². The van der Waals surface area contributed by atoms with E-state index in [0.717, 1.165) is 16.2 Å². The summed E-state index contributed by atoms with van der Waals surface area (Å²) in [5.74, 6) is 0.593. The minimum Gasteiger partial charge on any atom is -0.489 e. The molecule has 5 heteroatoms. The zero-order valence-corrected chi connectivity index (χ0v) is 17.1. The van der Waals surface area contributed by atoms with Crippen LogP contribution in [0.15, 0.2) is 71.1 Å². The maximum absolute atomic E-state index is 12.1. The Kier molecular flexibility index (Phi) is 6.26. The zero-order valence-electron chi connectivity index (χ0n) is 16.3. The third kappa shape index (κ3) is 5.54. The van der Waals surface area contributed by atoms with Crippen LogP contribution in [0.4, 0.5) is 0 Å². The van der Waals surface area contributed by atoms with E-state index >= 15 is 0 Å². The first-order chi connectivity index (χ1) is 13.4. The van der Waals surface area contributed by atoms with Gasteiger partial charge in [-0.15, -0.1) is 11.3 Å². The number of hydrazone groups is 1. The molecule has 144 valence electrons. The SMILES string of the molecule is CC(C)(C)c1ccc(OCc2ccc(C(=O)N/N=C\c3cccs3)cc2)cc1. The summed E-state index contributed by atoms with van der Waals surface area (Å²) < 4.78 is 5.84. The van der Waals surface area contributed by atoms with Crippen molar-refractivity contribution in [2.24, 2.45) is 5.10 Å². The average Bonchev–Trinajstić information content (AvgIpc) is 3.20. The van der Waals surface area contributed by atoms with Crippen molar-refractivity contribution in [3.05, 3.63) is 87.6 Å². The van der Waals surface area contributed by atoms with Crippen LogP contribution in [0, 0.1) is 0 Å². The molecule has 0 saturated heterocycles.